The van der Waals surface area contributed by atoms with Crippen molar-refractivity contribution in [2.45, 2.75) is 95.5 Å². The van der Waals surface area contributed by atoms with Crippen LogP contribution in [0.25, 0.3) is 0 Å². The summed E-state index contributed by atoms with van der Waals surface area (Å²) in [5.74, 6) is 0.00400. The molecule has 1 nitrogen and oxygen atoms in total. The number of alkyl halides is 6. The van der Waals surface area contributed by atoms with Gasteiger partial charge in [0.05, 0.1) is 0 Å². The minimum absolute atomic E-state index is 0.0656. The second-order valence-corrected chi connectivity index (χ2v) is 9.44. The van der Waals surface area contributed by atoms with Crippen molar-refractivity contribution in [2.75, 3.05) is 0 Å². The van der Waals surface area contributed by atoms with E-state index >= 15 is 0 Å². The Morgan fingerprint density at radius 1 is 0.906 bits per heavy atom. The molecule has 0 amide bonds. The molecule has 0 heterocycles. The molecule has 1 unspecified atom stereocenters. The van der Waals surface area contributed by atoms with Crippen LogP contribution in [0.5, 0.6) is 5.75 Å². The molecule has 0 aliphatic heterocycles. The number of hydrogen-bond donors (Lipinski definition) is 0. The van der Waals surface area contributed by atoms with Crippen molar-refractivity contribution in [1.29, 1.82) is 0 Å². The van der Waals surface area contributed by atoms with Gasteiger partial charge in [0.2, 0.25) is 0 Å². The molecule has 2 aliphatic rings. The van der Waals surface area contributed by atoms with E-state index in [4.69, 9.17) is 0 Å². The number of ether oxygens (including phenoxy) is 1. The first-order chi connectivity index (χ1) is 15.0. The lowest BCUT2D eigenvalue weighted by Crippen LogP contribution is -2.45. The van der Waals surface area contributed by atoms with Crippen LogP contribution in [0.1, 0.15) is 82.6 Å². The van der Waals surface area contributed by atoms with E-state index < -0.39 is 30.0 Å². The van der Waals surface area contributed by atoms with Gasteiger partial charge in [-0.05, 0) is 79.9 Å². The Bertz CT molecular complexity index is 732. The Balaban J connectivity index is 1.55. The van der Waals surface area contributed by atoms with E-state index in [0.717, 1.165) is 49.7 Å². The highest BCUT2D eigenvalue weighted by atomic mass is 19.4. The summed E-state index contributed by atoms with van der Waals surface area (Å²) in [5, 5.41) is 0. The average molecular weight is 468 g/mol. The lowest BCUT2D eigenvalue weighted by atomic mass is 9.68. The van der Waals surface area contributed by atoms with Crippen LogP contribution in [0, 0.1) is 23.6 Å². The third kappa shape index (κ3) is 6.10. The maximum absolute atomic E-state index is 14.3. The molecule has 0 aromatic heterocycles. The normalized spacial score (nSPS) is 28.4. The molecule has 1 aromatic rings. The second-order valence-electron chi connectivity index (χ2n) is 9.44. The zero-order chi connectivity index (χ0) is 23.5. The molecular formula is C24H31F7O. The van der Waals surface area contributed by atoms with E-state index in [0.29, 0.717) is 11.5 Å². The van der Waals surface area contributed by atoms with Gasteiger partial charge in [-0.25, -0.2) is 8.78 Å². The minimum Gasteiger partial charge on any atom is -0.427 e. The highest BCUT2D eigenvalue weighted by molar-refractivity contribution is 5.32. The van der Waals surface area contributed by atoms with Gasteiger partial charge in [-0.1, -0.05) is 38.7 Å². The Hall–Kier alpha value is -1.47. The highest BCUT2D eigenvalue weighted by Gasteiger charge is 2.59. The summed E-state index contributed by atoms with van der Waals surface area (Å²) in [5.41, 5.74) is 0.607. The van der Waals surface area contributed by atoms with E-state index in [-0.39, 0.29) is 5.92 Å². The number of rotatable bonds is 7. The number of halogens is 7. The molecule has 0 radical (unpaired) electrons. The zero-order valence-electron chi connectivity index (χ0n) is 18.2. The molecule has 32 heavy (non-hydrogen) atoms. The molecule has 8 heteroatoms. The zero-order valence-corrected chi connectivity index (χ0v) is 18.2. The van der Waals surface area contributed by atoms with Crippen LogP contribution >= 0.6 is 0 Å². The quantitative estimate of drug-likeness (QED) is 0.364. The maximum atomic E-state index is 14.3. The summed E-state index contributed by atoms with van der Waals surface area (Å²) < 4.78 is 94.7. The van der Waals surface area contributed by atoms with Gasteiger partial charge >= 0.3 is 12.3 Å². The molecule has 2 aliphatic carbocycles. The summed E-state index contributed by atoms with van der Waals surface area (Å²) in [4.78, 5) is 0. The average Bonchev–Trinajstić information content (AvgIpc) is 2.75. The van der Waals surface area contributed by atoms with E-state index in [2.05, 4.69) is 11.7 Å². The van der Waals surface area contributed by atoms with Crippen molar-refractivity contribution >= 4 is 0 Å². The van der Waals surface area contributed by atoms with Crippen molar-refractivity contribution in [3.05, 3.63) is 29.6 Å². The monoisotopic (exact) mass is 468 g/mol. The van der Waals surface area contributed by atoms with E-state index in [9.17, 15) is 30.7 Å². The van der Waals surface area contributed by atoms with Crippen molar-refractivity contribution < 1.29 is 35.5 Å². The molecular weight excluding hydrogens is 437 g/mol. The predicted molar refractivity (Wildman–Crippen MR) is 108 cm³/mol. The number of hydrogen-bond acceptors (Lipinski definition) is 1. The van der Waals surface area contributed by atoms with Gasteiger partial charge in [0.25, 0.3) is 6.17 Å². The summed E-state index contributed by atoms with van der Waals surface area (Å²) >= 11 is 0. The van der Waals surface area contributed by atoms with E-state index in [1.54, 1.807) is 0 Å². The summed E-state index contributed by atoms with van der Waals surface area (Å²) in [6.45, 7) is 2.22. The summed E-state index contributed by atoms with van der Waals surface area (Å²) in [6.07, 6.45) is -4.13. The molecule has 1 atom stereocenters. The van der Waals surface area contributed by atoms with E-state index in [1.807, 2.05) is 0 Å². The van der Waals surface area contributed by atoms with E-state index in [1.165, 1.54) is 44.6 Å². The van der Waals surface area contributed by atoms with Gasteiger partial charge in [-0.2, -0.15) is 22.0 Å². The summed E-state index contributed by atoms with van der Waals surface area (Å²) in [6, 6.07) is 3.27. The standard InChI is InChI=1S/C24H31F7O/c1-2-3-15-4-6-16(7-5-15)17-8-10-18(11-9-17)19-12-13-21(20(25)14-19)32-24(30,31)22(26)23(27,28)29/h12-18,22H,2-11H2,1H3. The van der Waals surface area contributed by atoms with Crippen molar-refractivity contribution in [2.24, 2.45) is 17.8 Å². The fraction of sp³-hybridized carbons (Fsp3) is 0.750. The smallest absolute Gasteiger partial charge is 0.427 e. The third-order valence-corrected chi connectivity index (χ3v) is 7.28. The first-order valence-electron chi connectivity index (χ1n) is 11.6. The molecule has 2 saturated carbocycles. The van der Waals surface area contributed by atoms with Crippen molar-refractivity contribution in [3.63, 3.8) is 0 Å². The van der Waals surface area contributed by atoms with Crippen molar-refractivity contribution in [1.82, 2.24) is 0 Å². The van der Waals surface area contributed by atoms with Crippen LogP contribution in [0.3, 0.4) is 0 Å². The van der Waals surface area contributed by atoms with Crippen LogP contribution in [0.15, 0.2) is 18.2 Å². The van der Waals surface area contributed by atoms with Gasteiger partial charge in [-0.15, -0.1) is 0 Å². The van der Waals surface area contributed by atoms with Crippen molar-refractivity contribution in [3.8, 4) is 5.75 Å². The molecule has 0 saturated heterocycles. The van der Waals surface area contributed by atoms with Crippen LogP contribution in [0.2, 0.25) is 0 Å². The molecule has 182 valence electrons. The van der Waals surface area contributed by atoms with Crippen LogP contribution < -0.4 is 4.74 Å². The Labute approximate surface area is 184 Å². The Morgan fingerprint density at radius 2 is 1.47 bits per heavy atom. The molecule has 1 aromatic carbocycles. The third-order valence-electron chi connectivity index (χ3n) is 7.28. The largest absolute Gasteiger partial charge is 0.439 e. The summed E-state index contributed by atoms with van der Waals surface area (Å²) in [7, 11) is 0. The highest BCUT2D eigenvalue weighted by Crippen LogP contribution is 2.45. The molecule has 0 spiro atoms. The van der Waals surface area contributed by atoms with Gasteiger partial charge in [0.1, 0.15) is 0 Å². The van der Waals surface area contributed by atoms with Crippen LogP contribution in [-0.2, 0) is 0 Å². The topological polar surface area (TPSA) is 9.23 Å². The number of benzene rings is 1. The lowest BCUT2D eigenvalue weighted by Gasteiger charge is -2.38. The second kappa shape index (κ2) is 10.2. The fourth-order valence-corrected chi connectivity index (χ4v) is 5.52. The Morgan fingerprint density at radius 3 is 1.97 bits per heavy atom. The van der Waals surface area contributed by atoms with Crippen LogP contribution in [0.4, 0.5) is 30.7 Å². The molecule has 0 N–H and O–H groups in total. The van der Waals surface area contributed by atoms with Crippen LogP contribution in [-0.4, -0.2) is 18.5 Å². The predicted octanol–water partition coefficient (Wildman–Crippen LogP) is 8.58. The maximum Gasteiger partial charge on any atom is 0.439 e. The van der Waals surface area contributed by atoms with Gasteiger partial charge in [-0.3, -0.25) is 0 Å². The first kappa shape index (κ1) is 25.2. The fourth-order valence-electron chi connectivity index (χ4n) is 5.52. The van der Waals surface area contributed by atoms with Gasteiger partial charge in [0, 0.05) is 0 Å². The first-order valence-corrected chi connectivity index (χ1v) is 11.6. The molecule has 2 fully saturated rings. The molecule has 0 bridgehead atoms. The Kier molecular flexibility index (Phi) is 8.02. The van der Waals surface area contributed by atoms with Gasteiger partial charge < -0.3 is 4.74 Å². The molecule has 3 rings (SSSR count). The lowest BCUT2D eigenvalue weighted by molar-refractivity contribution is -0.305. The minimum atomic E-state index is -5.81. The van der Waals surface area contributed by atoms with Gasteiger partial charge in [0.15, 0.2) is 11.6 Å². The SMILES string of the molecule is CCCC1CCC(C2CCC(c3ccc(OC(F)(F)C(F)C(F)(F)F)c(F)c3)CC2)CC1.